The molecule has 0 spiro atoms. The summed E-state index contributed by atoms with van der Waals surface area (Å²) >= 11 is -0.370. The standard InChI is InChI=1S/C9H8F3NO2S/c10-9(11,12)16-6-4-2-1-3-5(6)7(13)8(14)15/h1-4,7H,13H2,(H,14,15). The Bertz CT molecular complexity index is 395. The predicted octanol–water partition coefficient (Wildman–Crippen LogP) is 2.38. The summed E-state index contributed by atoms with van der Waals surface area (Å²) in [6.07, 6.45) is 0. The zero-order valence-electron chi connectivity index (χ0n) is 7.86. The van der Waals surface area contributed by atoms with Crippen molar-refractivity contribution in [3.05, 3.63) is 29.8 Å². The summed E-state index contributed by atoms with van der Waals surface area (Å²) in [6, 6.07) is 3.85. The molecule has 0 amide bonds. The highest BCUT2D eigenvalue weighted by molar-refractivity contribution is 8.00. The predicted molar refractivity (Wildman–Crippen MR) is 52.9 cm³/mol. The van der Waals surface area contributed by atoms with Gasteiger partial charge in [0.25, 0.3) is 0 Å². The number of carboxylic acid groups (broad SMARTS) is 1. The first-order valence-corrected chi connectivity index (χ1v) is 4.96. The van der Waals surface area contributed by atoms with E-state index in [-0.39, 0.29) is 22.2 Å². The number of benzene rings is 1. The average molecular weight is 251 g/mol. The summed E-state index contributed by atoms with van der Waals surface area (Å²) < 4.78 is 36.5. The Kier molecular flexibility index (Phi) is 3.82. The molecule has 3 N–H and O–H groups in total. The van der Waals surface area contributed by atoms with E-state index in [1.165, 1.54) is 24.3 Å². The minimum absolute atomic E-state index is 0.0441. The van der Waals surface area contributed by atoms with Crippen LogP contribution in [0.3, 0.4) is 0 Å². The van der Waals surface area contributed by atoms with E-state index in [9.17, 15) is 18.0 Å². The van der Waals surface area contributed by atoms with Gasteiger partial charge in [0.05, 0.1) is 0 Å². The SMILES string of the molecule is NC(C(=O)O)c1ccccc1SC(F)(F)F. The normalized spacial score (nSPS) is 13.5. The van der Waals surface area contributed by atoms with E-state index in [0.717, 1.165) is 0 Å². The van der Waals surface area contributed by atoms with Gasteiger partial charge in [0.15, 0.2) is 0 Å². The van der Waals surface area contributed by atoms with Crippen LogP contribution in [-0.2, 0) is 4.79 Å². The summed E-state index contributed by atoms with van der Waals surface area (Å²) in [6.45, 7) is 0. The highest BCUT2D eigenvalue weighted by Crippen LogP contribution is 2.39. The number of hydrogen-bond acceptors (Lipinski definition) is 3. The van der Waals surface area contributed by atoms with Crippen LogP contribution < -0.4 is 5.73 Å². The molecular formula is C9H8F3NO2S. The molecule has 1 aromatic rings. The first-order valence-electron chi connectivity index (χ1n) is 4.14. The molecule has 1 atom stereocenters. The Labute approximate surface area is 93.4 Å². The Morgan fingerprint density at radius 3 is 2.44 bits per heavy atom. The number of carboxylic acids is 1. The van der Waals surface area contributed by atoms with Crippen LogP contribution >= 0.6 is 11.8 Å². The third-order valence-electron chi connectivity index (χ3n) is 1.75. The maximum Gasteiger partial charge on any atom is 0.446 e. The molecule has 88 valence electrons. The number of carbonyl (C=O) groups is 1. The second-order valence-corrected chi connectivity index (χ2v) is 4.01. The Morgan fingerprint density at radius 2 is 1.94 bits per heavy atom. The van der Waals surface area contributed by atoms with Gasteiger partial charge in [0.1, 0.15) is 6.04 Å². The summed E-state index contributed by atoms with van der Waals surface area (Å²) in [4.78, 5) is 10.4. The van der Waals surface area contributed by atoms with Gasteiger partial charge in [-0.25, -0.2) is 0 Å². The van der Waals surface area contributed by atoms with Crippen LogP contribution in [0.5, 0.6) is 0 Å². The zero-order valence-corrected chi connectivity index (χ0v) is 8.68. The third kappa shape index (κ3) is 3.42. The van der Waals surface area contributed by atoms with E-state index < -0.39 is 17.5 Å². The van der Waals surface area contributed by atoms with Crippen LogP contribution in [0.2, 0.25) is 0 Å². The lowest BCUT2D eigenvalue weighted by Gasteiger charge is -2.13. The molecule has 3 nitrogen and oxygen atoms in total. The summed E-state index contributed by atoms with van der Waals surface area (Å²) in [7, 11) is 0. The lowest BCUT2D eigenvalue weighted by atomic mass is 10.1. The molecule has 0 saturated carbocycles. The Balaban J connectivity index is 3.05. The second-order valence-electron chi connectivity index (χ2n) is 2.90. The minimum atomic E-state index is -4.46. The maximum absolute atomic E-state index is 12.2. The van der Waals surface area contributed by atoms with Gasteiger partial charge in [-0.3, -0.25) is 4.79 Å². The third-order valence-corrected chi connectivity index (χ3v) is 2.57. The smallest absolute Gasteiger partial charge is 0.446 e. The Morgan fingerprint density at radius 1 is 1.38 bits per heavy atom. The number of halogens is 3. The van der Waals surface area contributed by atoms with Crippen LogP contribution in [0.4, 0.5) is 13.2 Å². The molecule has 16 heavy (non-hydrogen) atoms. The van der Waals surface area contributed by atoms with Crippen LogP contribution in [0.15, 0.2) is 29.2 Å². The molecule has 0 saturated heterocycles. The average Bonchev–Trinajstić information content (AvgIpc) is 2.15. The van der Waals surface area contributed by atoms with Crippen molar-refractivity contribution in [2.75, 3.05) is 0 Å². The number of aliphatic carboxylic acids is 1. The highest BCUT2D eigenvalue weighted by atomic mass is 32.2. The fourth-order valence-electron chi connectivity index (χ4n) is 1.09. The number of rotatable bonds is 3. The van der Waals surface area contributed by atoms with E-state index in [0.29, 0.717) is 0 Å². The summed E-state index contributed by atoms with van der Waals surface area (Å²) in [5.41, 5.74) is 0.769. The molecule has 7 heteroatoms. The fraction of sp³-hybridized carbons (Fsp3) is 0.222. The van der Waals surface area contributed by atoms with Gasteiger partial charge in [0, 0.05) is 4.90 Å². The second kappa shape index (κ2) is 4.75. The molecule has 1 unspecified atom stereocenters. The molecule has 0 aliphatic rings. The number of alkyl halides is 3. The number of nitrogens with two attached hydrogens (primary N) is 1. The van der Waals surface area contributed by atoms with Crippen LogP contribution in [0, 0.1) is 0 Å². The molecular weight excluding hydrogens is 243 g/mol. The first-order chi connectivity index (χ1) is 7.31. The van der Waals surface area contributed by atoms with Gasteiger partial charge >= 0.3 is 11.5 Å². The molecule has 0 aliphatic carbocycles. The first kappa shape index (κ1) is 12.9. The Hall–Kier alpha value is -1.21. The largest absolute Gasteiger partial charge is 0.480 e. The van der Waals surface area contributed by atoms with Gasteiger partial charge in [-0.15, -0.1) is 0 Å². The van der Waals surface area contributed by atoms with Crippen molar-refractivity contribution in [3.63, 3.8) is 0 Å². The van der Waals surface area contributed by atoms with E-state index in [1.54, 1.807) is 0 Å². The van der Waals surface area contributed by atoms with E-state index in [4.69, 9.17) is 10.8 Å². The maximum atomic E-state index is 12.2. The molecule has 0 fully saturated rings. The zero-order chi connectivity index (χ0) is 12.3. The van der Waals surface area contributed by atoms with Crippen molar-refractivity contribution in [3.8, 4) is 0 Å². The number of hydrogen-bond donors (Lipinski definition) is 2. The van der Waals surface area contributed by atoms with Gasteiger partial charge in [-0.2, -0.15) is 13.2 Å². The molecule has 0 bridgehead atoms. The molecule has 0 aromatic heterocycles. The van der Waals surface area contributed by atoms with Crippen molar-refractivity contribution in [1.82, 2.24) is 0 Å². The van der Waals surface area contributed by atoms with Gasteiger partial charge < -0.3 is 10.8 Å². The van der Waals surface area contributed by atoms with Crippen molar-refractivity contribution in [1.29, 1.82) is 0 Å². The molecule has 0 aliphatic heterocycles. The van der Waals surface area contributed by atoms with Gasteiger partial charge in [-0.1, -0.05) is 18.2 Å². The van der Waals surface area contributed by atoms with E-state index >= 15 is 0 Å². The minimum Gasteiger partial charge on any atom is -0.480 e. The van der Waals surface area contributed by atoms with Crippen molar-refractivity contribution >= 4 is 17.7 Å². The van der Waals surface area contributed by atoms with Crippen LogP contribution in [-0.4, -0.2) is 16.6 Å². The quantitative estimate of drug-likeness (QED) is 0.809. The van der Waals surface area contributed by atoms with Crippen molar-refractivity contribution in [2.24, 2.45) is 5.73 Å². The van der Waals surface area contributed by atoms with E-state index in [2.05, 4.69) is 0 Å². The summed E-state index contributed by atoms with van der Waals surface area (Å²) in [5, 5.41) is 8.64. The number of thioether (sulfide) groups is 1. The summed E-state index contributed by atoms with van der Waals surface area (Å²) in [5.74, 6) is -1.37. The van der Waals surface area contributed by atoms with Crippen LogP contribution in [0.1, 0.15) is 11.6 Å². The molecule has 0 heterocycles. The van der Waals surface area contributed by atoms with Gasteiger partial charge in [0.2, 0.25) is 0 Å². The van der Waals surface area contributed by atoms with Crippen molar-refractivity contribution < 1.29 is 23.1 Å². The molecule has 0 radical (unpaired) electrons. The van der Waals surface area contributed by atoms with E-state index in [1.807, 2.05) is 0 Å². The van der Waals surface area contributed by atoms with Gasteiger partial charge in [-0.05, 0) is 23.4 Å². The topological polar surface area (TPSA) is 63.3 Å². The van der Waals surface area contributed by atoms with Crippen molar-refractivity contribution in [2.45, 2.75) is 16.4 Å². The molecule has 1 aromatic carbocycles. The van der Waals surface area contributed by atoms with Crippen LogP contribution in [0.25, 0.3) is 0 Å². The monoisotopic (exact) mass is 251 g/mol. The fourth-order valence-corrected chi connectivity index (χ4v) is 1.80. The lowest BCUT2D eigenvalue weighted by molar-refractivity contribution is -0.138. The highest BCUT2D eigenvalue weighted by Gasteiger charge is 2.31. The lowest BCUT2D eigenvalue weighted by Crippen LogP contribution is -2.21. The molecule has 1 rings (SSSR count).